The molecule has 0 spiro atoms. The minimum Gasteiger partial charge on any atom is -0.385 e. The monoisotopic (exact) mass is 377 g/mol. The largest absolute Gasteiger partial charge is 0.385 e. The molecule has 0 atom stereocenters. The Morgan fingerprint density at radius 2 is 1.81 bits per heavy atom. The number of nitrogens with one attached hydrogen (secondary N) is 2. The Morgan fingerprint density at radius 1 is 1.12 bits per heavy atom. The smallest absolute Gasteiger partial charge is 0.214 e. The number of rotatable bonds is 7. The van der Waals surface area contributed by atoms with Gasteiger partial charge in [-0.1, -0.05) is 5.16 Å². The molecule has 1 heterocycles. The average molecular weight is 378 g/mol. The first-order valence-corrected chi connectivity index (χ1v) is 10.7. The highest BCUT2D eigenvalue weighted by Gasteiger charge is 2.26. The Hall–Kier alpha value is -1.86. The van der Waals surface area contributed by atoms with Gasteiger partial charge in [-0.15, -0.1) is 0 Å². The molecule has 0 saturated heterocycles. The molecule has 0 unspecified atom stereocenters. The standard InChI is InChI=1S/C19H27N3O3S/c1-14(2)26(23,24)22-18-7-3-15(4-8-18)13-20-17-9-5-16(6-10-17)19-11-12-21-25-19/h5-6,9-12,14-15,18,20,22H,3-4,7-8,13H2,1-2H3. The van der Waals surface area contributed by atoms with Crippen LogP contribution in [0.4, 0.5) is 5.69 Å². The van der Waals surface area contributed by atoms with Crippen molar-refractivity contribution in [2.45, 2.75) is 50.8 Å². The Balaban J connectivity index is 1.44. The molecule has 7 heteroatoms. The second-order valence-electron chi connectivity index (χ2n) is 7.26. The maximum atomic E-state index is 12.0. The molecule has 142 valence electrons. The number of anilines is 1. The molecule has 1 saturated carbocycles. The summed E-state index contributed by atoms with van der Waals surface area (Å²) in [6.45, 7) is 4.34. The van der Waals surface area contributed by atoms with Crippen LogP contribution in [0.25, 0.3) is 11.3 Å². The summed E-state index contributed by atoms with van der Waals surface area (Å²) in [6, 6.07) is 10.0. The van der Waals surface area contributed by atoms with E-state index in [4.69, 9.17) is 4.52 Å². The Morgan fingerprint density at radius 3 is 2.38 bits per heavy atom. The van der Waals surface area contributed by atoms with E-state index in [2.05, 4.69) is 15.2 Å². The van der Waals surface area contributed by atoms with Gasteiger partial charge >= 0.3 is 0 Å². The lowest BCUT2D eigenvalue weighted by Gasteiger charge is -2.29. The second kappa shape index (κ2) is 8.22. The van der Waals surface area contributed by atoms with E-state index in [-0.39, 0.29) is 11.3 Å². The zero-order valence-electron chi connectivity index (χ0n) is 15.3. The van der Waals surface area contributed by atoms with Crippen LogP contribution < -0.4 is 10.0 Å². The van der Waals surface area contributed by atoms with E-state index in [0.29, 0.717) is 5.92 Å². The van der Waals surface area contributed by atoms with Crippen LogP contribution in [-0.4, -0.2) is 31.4 Å². The van der Waals surface area contributed by atoms with Crippen LogP contribution in [-0.2, 0) is 10.0 Å². The lowest BCUT2D eigenvalue weighted by molar-refractivity contribution is 0.323. The van der Waals surface area contributed by atoms with Gasteiger partial charge < -0.3 is 9.84 Å². The first kappa shape index (κ1) is 18.9. The average Bonchev–Trinajstić information content (AvgIpc) is 3.16. The maximum absolute atomic E-state index is 12.0. The molecule has 0 amide bonds. The molecule has 6 nitrogen and oxygen atoms in total. The van der Waals surface area contributed by atoms with Gasteiger partial charge in [-0.25, -0.2) is 13.1 Å². The highest BCUT2D eigenvalue weighted by molar-refractivity contribution is 7.90. The topological polar surface area (TPSA) is 84.2 Å². The summed E-state index contributed by atoms with van der Waals surface area (Å²) in [5.41, 5.74) is 2.09. The number of hydrogen-bond acceptors (Lipinski definition) is 5. The van der Waals surface area contributed by atoms with Gasteiger partial charge in [0, 0.05) is 29.9 Å². The summed E-state index contributed by atoms with van der Waals surface area (Å²) in [4.78, 5) is 0. The lowest BCUT2D eigenvalue weighted by atomic mass is 9.86. The van der Waals surface area contributed by atoms with Crippen molar-refractivity contribution in [3.05, 3.63) is 36.5 Å². The van der Waals surface area contributed by atoms with E-state index in [1.54, 1.807) is 20.0 Å². The summed E-state index contributed by atoms with van der Waals surface area (Å²) in [5, 5.41) is 6.83. The minimum absolute atomic E-state index is 0.0832. The molecule has 1 fully saturated rings. The van der Waals surface area contributed by atoms with E-state index < -0.39 is 10.0 Å². The van der Waals surface area contributed by atoms with Crippen molar-refractivity contribution in [1.82, 2.24) is 9.88 Å². The van der Waals surface area contributed by atoms with Crippen molar-refractivity contribution in [2.75, 3.05) is 11.9 Å². The van der Waals surface area contributed by atoms with Gasteiger partial charge in [-0.3, -0.25) is 0 Å². The van der Waals surface area contributed by atoms with Gasteiger partial charge in [0.1, 0.15) is 0 Å². The third-order valence-corrected chi connectivity index (χ3v) is 6.90. The van der Waals surface area contributed by atoms with Crippen molar-refractivity contribution in [1.29, 1.82) is 0 Å². The molecular formula is C19H27N3O3S. The number of aromatic nitrogens is 1. The van der Waals surface area contributed by atoms with Gasteiger partial charge in [0.15, 0.2) is 5.76 Å². The number of nitrogens with zero attached hydrogens (tertiary/aromatic N) is 1. The summed E-state index contributed by atoms with van der Waals surface area (Å²) in [7, 11) is -3.17. The number of sulfonamides is 1. The van der Waals surface area contributed by atoms with Crippen molar-refractivity contribution >= 4 is 15.7 Å². The number of hydrogen-bond donors (Lipinski definition) is 2. The van der Waals surface area contributed by atoms with Crippen molar-refractivity contribution in [2.24, 2.45) is 5.92 Å². The molecule has 26 heavy (non-hydrogen) atoms. The fourth-order valence-corrected chi connectivity index (χ4v) is 4.20. The van der Waals surface area contributed by atoms with E-state index in [0.717, 1.165) is 49.2 Å². The SMILES string of the molecule is CC(C)S(=O)(=O)NC1CCC(CNc2ccc(-c3ccno3)cc2)CC1. The third kappa shape index (κ3) is 4.86. The van der Waals surface area contributed by atoms with Crippen LogP contribution in [0.15, 0.2) is 41.1 Å². The lowest BCUT2D eigenvalue weighted by Crippen LogP contribution is -2.41. The van der Waals surface area contributed by atoms with Gasteiger partial charge in [-0.05, 0) is 69.7 Å². The minimum atomic E-state index is -3.17. The fourth-order valence-electron chi connectivity index (χ4n) is 3.23. The first-order chi connectivity index (χ1) is 12.4. The molecular weight excluding hydrogens is 350 g/mol. The Kier molecular flexibility index (Phi) is 5.98. The third-order valence-electron chi connectivity index (χ3n) is 5.00. The van der Waals surface area contributed by atoms with Crippen LogP contribution in [0.2, 0.25) is 0 Å². The molecule has 0 radical (unpaired) electrons. The van der Waals surface area contributed by atoms with Crippen molar-refractivity contribution in [3.63, 3.8) is 0 Å². The van der Waals surface area contributed by atoms with Gasteiger partial charge in [0.25, 0.3) is 0 Å². The molecule has 1 aromatic heterocycles. The zero-order valence-corrected chi connectivity index (χ0v) is 16.1. The fraction of sp³-hybridized carbons (Fsp3) is 0.526. The summed E-state index contributed by atoms with van der Waals surface area (Å²) >= 11 is 0. The second-order valence-corrected chi connectivity index (χ2v) is 9.53. The first-order valence-electron chi connectivity index (χ1n) is 9.20. The molecule has 2 aromatic rings. The van der Waals surface area contributed by atoms with E-state index in [1.807, 2.05) is 30.3 Å². The normalized spacial score (nSPS) is 21.0. The Labute approximate surface area is 155 Å². The van der Waals surface area contributed by atoms with Gasteiger partial charge in [0.2, 0.25) is 10.0 Å². The van der Waals surface area contributed by atoms with Crippen LogP contribution in [0, 0.1) is 5.92 Å². The highest BCUT2D eigenvalue weighted by atomic mass is 32.2. The van der Waals surface area contributed by atoms with E-state index >= 15 is 0 Å². The number of benzene rings is 1. The van der Waals surface area contributed by atoms with Crippen molar-refractivity contribution < 1.29 is 12.9 Å². The zero-order chi connectivity index (χ0) is 18.6. The molecule has 3 rings (SSSR count). The molecule has 1 aliphatic rings. The molecule has 1 aromatic carbocycles. The predicted molar refractivity (Wildman–Crippen MR) is 103 cm³/mol. The Bertz CT molecular complexity index is 778. The van der Waals surface area contributed by atoms with Crippen LogP contribution in [0.1, 0.15) is 39.5 Å². The predicted octanol–water partition coefficient (Wildman–Crippen LogP) is 3.64. The van der Waals surface area contributed by atoms with Crippen LogP contribution >= 0.6 is 0 Å². The van der Waals surface area contributed by atoms with E-state index in [1.165, 1.54) is 0 Å². The van der Waals surface area contributed by atoms with Gasteiger partial charge in [0.05, 0.1) is 11.4 Å². The molecule has 0 aliphatic heterocycles. The summed E-state index contributed by atoms with van der Waals surface area (Å²) in [6.07, 6.45) is 5.52. The molecule has 2 N–H and O–H groups in total. The van der Waals surface area contributed by atoms with E-state index in [9.17, 15) is 8.42 Å². The maximum Gasteiger partial charge on any atom is 0.214 e. The van der Waals surface area contributed by atoms with Gasteiger partial charge in [-0.2, -0.15) is 0 Å². The van der Waals surface area contributed by atoms with Crippen molar-refractivity contribution in [3.8, 4) is 11.3 Å². The van der Waals surface area contributed by atoms with Crippen LogP contribution in [0.3, 0.4) is 0 Å². The quantitative estimate of drug-likeness (QED) is 0.769. The van der Waals surface area contributed by atoms with Crippen LogP contribution in [0.5, 0.6) is 0 Å². The summed E-state index contributed by atoms with van der Waals surface area (Å²) < 4.78 is 31.9. The molecule has 0 bridgehead atoms. The summed E-state index contributed by atoms with van der Waals surface area (Å²) in [5.74, 6) is 1.34. The molecule has 1 aliphatic carbocycles. The highest BCUT2D eigenvalue weighted by Crippen LogP contribution is 2.26.